The summed E-state index contributed by atoms with van der Waals surface area (Å²) < 4.78 is 4.75. The van der Waals surface area contributed by atoms with Crippen molar-refractivity contribution in [3.05, 3.63) is 92.4 Å². The zero-order valence-electron chi connectivity index (χ0n) is 17.8. The molecule has 2 aromatic carbocycles. The molecule has 0 unspecified atom stereocenters. The first-order valence-electron chi connectivity index (χ1n) is 10.2. The first-order chi connectivity index (χ1) is 14.4. The molecule has 4 rings (SSSR count). The Morgan fingerprint density at radius 2 is 1.67 bits per heavy atom. The Balaban J connectivity index is 2.01. The van der Waals surface area contributed by atoms with Gasteiger partial charge in [0.05, 0.1) is 12.0 Å². The van der Waals surface area contributed by atoms with E-state index >= 15 is 0 Å². The number of rotatable bonds is 5. The van der Waals surface area contributed by atoms with Crippen LogP contribution in [0.25, 0.3) is 16.9 Å². The number of aryl methyl sites for hydroxylation is 2. The van der Waals surface area contributed by atoms with Crippen molar-refractivity contribution < 1.29 is 0 Å². The molecule has 6 nitrogen and oxygen atoms in total. The number of aromatic nitrogens is 4. The minimum atomic E-state index is -0.351. The SMILES string of the molecule is Cc1ccc(Cn2cnc3c2c(=O)n(CC(C)C)c(=O)n3-c2ccccc2C)cc1. The summed E-state index contributed by atoms with van der Waals surface area (Å²) in [6.07, 6.45) is 1.65. The van der Waals surface area contributed by atoms with Crippen LogP contribution in [0, 0.1) is 19.8 Å². The lowest BCUT2D eigenvalue weighted by Crippen LogP contribution is -2.41. The van der Waals surface area contributed by atoms with Crippen LogP contribution in [0.1, 0.15) is 30.5 Å². The number of fused-ring (bicyclic) bond motifs is 1. The van der Waals surface area contributed by atoms with E-state index < -0.39 is 0 Å². The number of imidazole rings is 1. The Kier molecular flexibility index (Phi) is 5.16. The first kappa shape index (κ1) is 19.9. The third-order valence-corrected chi connectivity index (χ3v) is 5.28. The van der Waals surface area contributed by atoms with E-state index in [9.17, 15) is 9.59 Å². The van der Waals surface area contributed by atoms with Crippen molar-refractivity contribution in [1.82, 2.24) is 18.7 Å². The van der Waals surface area contributed by atoms with Gasteiger partial charge < -0.3 is 4.57 Å². The maximum atomic E-state index is 13.4. The summed E-state index contributed by atoms with van der Waals surface area (Å²) in [5.41, 5.74) is 4.14. The van der Waals surface area contributed by atoms with E-state index in [1.54, 1.807) is 10.9 Å². The van der Waals surface area contributed by atoms with E-state index in [0.29, 0.717) is 24.3 Å². The van der Waals surface area contributed by atoms with Gasteiger partial charge in [-0.2, -0.15) is 0 Å². The zero-order chi connectivity index (χ0) is 21.4. The third-order valence-electron chi connectivity index (χ3n) is 5.28. The molecule has 2 heterocycles. The highest BCUT2D eigenvalue weighted by atomic mass is 16.2. The van der Waals surface area contributed by atoms with E-state index in [1.807, 2.05) is 68.7 Å². The monoisotopic (exact) mass is 402 g/mol. The molecule has 0 aliphatic carbocycles. The van der Waals surface area contributed by atoms with Gasteiger partial charge in [-0.1, -0.05) is 61.9 Å². The van der Waals surface area contributed by atoms with Crippen molar-refractivity contribution in [1.29, 1.82) is 0 Å². The van der Waals surface area contributed by atoms with Crippen molar-refractivity contribution in [2.45, 2.75) is 40.8 Å². The quantitative estimate of drug-likeness (QED) is 0.512. The fourth-order valence-corrected chi connectivity index (χ4v) is 3.75. The molecule has 0 atom stereocenters. The van der Waals surface area contributed by atoms with Gasteiger partial charge in [0.2, 0.25) is 0 Å². The summed E-state index contributed by atoms with van der Waals surface area (Å²) in [6, 6.07) is 15.9. The van der Waals surface area contributed by atoms with Gasteiger partial charge in [0.15, 0.2) is 11.2 Å². The molecule has 2 aromatic heterocycles. The van der Waals surface area contributed by atoms with E-state index in [-0.39, 0.29) is 17.2 Å². The minimum Gasteiger partial charge on any atom is -0.320 e. The molecule has 0 saturated carbocycles. The van der Waals surface area contributed by atoms with Gasteiger partial charge in [0.1, 0.15) is 0 Å². The smallest absolute Gasteiger partial charge is 0.320 e. The van der Waals surface area contributed by atoms with Gasteiger partial charge in [-0.15, -0.1) is 0 Å². The maximum Gasteiger partial charge on any atom is 0.337 e. The molecular formula is C24H26N4O2. The molecule has 0 bridgehead atoms. The Bertz CT molecular complexity index is 1320. The fourth-order valence-electron chi connectivity index (χ4n) is 3.75. The van der Waals surface area contributed by atoms with Crippen molar-refractivity contribution in [3.8, 4) is 5.69 Å². The number of benzene rings is 2. The molecule has 0 amide bonds. The largest absolute Gasteiger partial charge is 0.337 e. The van der Waals surface area contributed by atoms with E-state index in [0.717, 1.165) is 16.8 Å². The molecule has 0 fully saturated rings. The lowest BCUT2D eigenvalue weighted by Gasteiger charge is -2.15. The molecule has 4 aromatic rings. The van der Waals surface area contributed by atoms with Crippen LogP contribution in [0.2, 0.25) is 0 Å². The molecule has 0 radical (unpaired) electrons. The number of hydrogen-bond donors (Lipinski definition) is 0. The number of hydrogen-bond acceptors (Lipinski definition) is 3. The topological polar surface area (TPSA) is 61.8 Å². The molecule has 0 saturated heterocycles. The summed E-state index contributed by atoms with van der Waals surface area (Å²) >= 11 is 0. The molecule has 0 spiro atoms. The Morgan fingerprint density at radius 1 is 0.967 bits per heavy atom. The average Bonchev–Trinajstić information content (AvgIpc) is 3.11. The summed E-state index contributed by atoms with van der Waals surface area (Å²) in [7, 11) is 0. The van der Waals surface area contributed by atoms with Crippen LogP contribution >= 0.6 is 0 Å². The highest BCUT2D eigenvalue weighted by molar-refractivity contribution is 5.73. The zero-order valence-corrected chi connectivity index (χ0v) is 17.8. The lowest BCUT2D eigenvalue weighted by atomic mass is 10.1. The van der Waals surface area contributed by atoms with Crippen molar-refractivity contribution in [2.24, 2.45) is 5.92 Å². The molecule has 154 valence electrons. The number of para-hydroxylation sites is 1. The van der Waals surface area contributed by atoms with Gasteiger partial charge in [-0.3, -0.25) is 9.36 Å². The predicted octanol–water partition coefficient (Wildman–Crippen LogP) is 3.67. The van der Waals surface area contributed by atoms with Crippen molar-refractivity contribution in [3.63, 3.8) is 0 Å². The van der Waals surface area contributed by atoms with Crippen LogP contribution in [0.4, 0.5) is 0 Å². The fraction of sp³-hybridized carbons (Fsp3) is 0.292. The maximum absolute atomic E-state index is 13.4. The standard InChI is InChI=1S/C24H26N4O2/c1-16(2)13-27-23(29)21-22(28(24(27)30)20-8-6-5-7-18(20)4)25-15-26(21)14-19-11-9-17(3)10-12-19/h5-12,15-16H,13-14H2,1-4H3. The third kappa shape index (κ3) is 3.49. The van der Waals surface area contributed by atoms with Crippen LogP contribution in [0.3, 0.4) is 0 Å². The molecular weight excluding hydrogens is 376 g/mol. The second kappa shape index (κ2) is 7.78. The van der Waals surface area contributed by atoms with Gasteiger partial charge >= 0.3 is 5.69 Å². The average molecular weight is 402 g/mol. The van der Waals surface area contributed by atoms with E-state index in [4.69, 9.17) is 0 Å². The minimum absolute atomic E-state index is 0.159. The molecule has 6 heteroatoms. The van der Waals surface area contributed by atoms with E-state index in [1.165, 1.54) is 10.1 Å². The van der Waals surface area contributed by atoms with Gasteiger partial charge in [-0.25, -0.2) is 14.3 Å². The molecule has 30 heavy (non-hydrogen) atoms. The summed E-state index contributed by atoms with van der Waals surface area (Å²) in [4.78, 5) is 31.2. The number of nitrogens with zero attached hydrogens (tertiary/aromatic N) is 4. The van der Waals surface area contributed by atoms with Crippen LogP contribution in [-0.2, 0) is 13.1 Å². The Morgan fingerprint density at radius 3 is 2.33 bits per heavy atom. The van der Waals surface area contributed by atoms with Crippen LogP contribution in [0.5, 0.6) is 0 Å². The Hall–Kier alpha value is -3.41. The second-order valence-corrected chi connectivity index (χ2v) is 8.24. The van der Waals surface area contributed by atoms with Crippen LogP contribution < -0.4 is 11.2 Å². The summed E-state index contributed by atoms with van der Waals surface area (Å²) in [5, 5.41) is 0. The lowest BCUT2D eigenvalue weighted by molar-refractivity contribution is 0.488. The van der Waals surface area contributed by atoms with Gasteiger partial charge in [-0.05, 0) is 37.0 Å². The predicted molar refractivity (Wildman–Crippen MR) is 119 cm³/mol. The highest BCUT2D eigenvalue weighted by Crippen LogP contribution is 2.18. The van der Waals surface area contributed by atoms with Gasteiger partial charge in [0.25, 0.3) is 5.56 Å². The Labute approximate surface area is 175 Å². The highest BCUT2D eigenvalue weighted by Gasteiger charge is 2.20. The van der Waals surface area contributed by atoms with Crippen molar-refractivity contribution in [2.75, 3.05) is 0 Å². The van der Waals surface area contributed by atoms with E-state index in [2.05, 4.69) is 17.1 Å². The van der Waals surface area contributed by atoms with Crippen LogP contribution in [-0.4, -0.2) is 18.7 Å². The summed E-state index contributed by atoms with van der Waals surface area (Å²) in [5.74, 6) is 0.159. The first-order valence-corrected chi connectivity index (χ1v) is 10.2. The molecule has 0 aliphatic heterocycles. The normalized spacial score (nSPS) is 11.5. The van der Waals surface area contributed by atoms with Crippen molar-refractivity contribution >= 4 is 11.2 Å². The van der Waals surface area contributed by atoms with Crippen LogP contribution in [0.15, 0.2) is 64.4 Å². The molecule has 0 aliphatic rings. The van der Waals surface area contributed by atoms with Gasteiger partial charge in [0, 0.05) is 13.1 Å². The second-order valence-electron chi connectivity index (χ2n) is 8.24. The summed E-state index contributed by atoms with van der Waals surface area (Å²) in [6.45, 7) is 8.86. The molecule has 0 N–H and O–H groups in total.